The number of hydrogen-bond donors (Lipinski definition) is 0. The summed E-state index contributed by atoms with van der Waals surface area (Å²) in [7, 11) is 0. The Hall–Kier alpha value is -2.63. The largest absolute Gasteiger partial charge is 0.206 e. The van der Waals surface area contributed by atoms with Gasteiger partial charge in [0.15, 0.2) is 0 Å². The van der Waals surface area contributed by atoms with Gasteiger partial charge in [0.25, 0.3) is 0 Å². The lowest BCUT2D eigenvalue weighted by Gasteiger charge is -2.04. The molecule has 0 aliphatic carbocycles. The third-order valence-electron chi connectivity index (χ3n) is 4.06. The van der Waals surface area contributed by atoms with Crippen molar-refractivity contribution < 1.29 is 8.78 Å². The lowest BCUT2D eigenvalue weighted by Crippen LogP contribution is -1.88. The summed E-state index contributed by atoms with van der Waals surface area (Å²) in [6.45, 7) is 2.14. The molecule has 0 aliphatic rings. The summed E-state index contributed by atoms with van der Waals surface area (Å²) in [5.74, 6) is 4.87. The monoisotopic (exact) mass is 366 g/mol. The van der Waals surface area contributed by atoms with Gasteiger partial charge < -0.3 is 0 Å². The molecule has 0 nitrogen and oxygen atoms in total. The highest BCUT2D eigenvalue weighted by atomic mass is 35.5. The quantitative estimate of drug-likeness (QED) is 0.456. The lowest BCUT2D eigenvalue weighted by molar-refractivity contribution is 0.624. The van der Waals surface area contributed by atoms with Gasteiger partial charge in [-0.25, -0.2) is 8.78 Å². The van der Waals surface area contributed by atoms with E-state index in [1.807, 2.05) is 24.3 Å². The van der Waals surface area contributed by atoms with Gasteiger partial charge in [-0.1, -0.05) is 61.1 Å². The van der Waals surface area contributed by atoms with Crippen LogP contribution in [-0.4, -0.2) is 0 Å². The predicted molar refractivity (Wildman–Crippen MR) is 103 cm³/mol. The van der Waals surface area contributed by atoms with Crippen molar-refractivity contribution in [1.82, 2.24) is 0 Å². The summed E-state index contributed by atoms with van der Waals surface area (Å²) in [4.78, 5) is 0. The van der Waals surface area contributed by atoms with Crippen LogP contribution in [0, 0.1) is 23.5 Å². The zero-order valence-corrected chi connectivity index (χ0v) is 15.1. The second-order valence-corrected chi connectivity index (χ2v) is 6.43. The van der Waals surface area contributed by atoms with E-state index < -0.39 is 11.6 Å². The molecular weight excluding hydrogens is 350 g/mol. The van der Waals surface area contributed by atoms with Crippen molar-refractivity contribution in [2.24, 2.45) is 0 Å². The van der Waals surface area contributed by atoms with E-state index in [0.717, 1.165) is 18.4 Å². The standard InChI is InChI=1S/C23H17ClF2/c1-2-3-16-4-6-17(7-5-16)8-9-18-10-11-19(14-22(18)25)20-12-13-21(24)23(26)15-20/h4-7,10-15H,2-3H2,1H3. The topological polar surface area (TPSA) is 0 Å². The molecule has 26 heavy (non-hydrogen) atoms. The Bertz CT molecular complexity index is 979. The molecule has 3 aromatic carbocycles. The van der Waals surface area contributed by atoms with E-state index in [1.54, 1.807) is 18.2 Å². The first kappa shape index (κ1) is 18.2. The molecule has 0 saturated carbocycles. The number of benzene rings is 3. The maximum Gasteiger partial charge on any atom is 0.142 e. The molecule has 0 saturated heterocycles. The average molecular weight is 367 g/mol. The molecule has 0 fully saturated rings. The first-order valence-corrected chi connectivity index (χ1v) is 8.80. The average Bonchev–Trinajstić information content (AvgIpc) is 2.64. The van der Waals surface area contributed by atoms with Crippen LogP contribution >= 0.6 is 11.6 Å². The van der Waals surface area contributed by atoms with Gasteiger partial charge in [0, 0.05) is 5.56 Å². The summed E-state index contributed by atoms with van der Waals surface area (Å²) < 4.78 is 27.9. The minimum absolute atomic E-state index is 0.0432. The molecule has 0 N–H and O–H groups in total. The van der Waals surface area contributed by atoms with Gasteiger partial charge in [0.05, 0.1) is 10.6 Å². The van der Waals surface area contributed by atoms with E-state index in [1.165, 1.54) is 23.8 Å². The van der Waals surface area contributed by atoms with Crippen molar-refractivity contribution in [1.29, 1.82) is 0 Å². The summed E-state index contributed by atoms with van der Waals surface area (Å²) in [6, 6.07) is 17.1. The van der Waals surface area contributed by atoms with Gasteiger partial charge in [0.2, 0.25) is 0 Å². The van der Waals surface area contributed by atoms with Crippen LogP contribution in [0.2, 0.25) is 5.02 Å². The van der Waals surface area contributed by atoms with Crippen LogP contribution in [0.5, 0.6) is 0 Å². The molecule has 3 rings (SSSR count). The number of aryl methyl sites for hydroxylation is 1. The minimum Gasteiger partial charge on any atom is -0.206 e. The van der Waals surface area contributed by atoms with E-state index in [-0.39, 0.29) is 5.02 Å². The Labute approximate surface area is 157 Å². The Morgan fingerprint density at radius 2 is 1.46 bits per heavy atom. The maximum atomic E-state index is 14.4. The molecule has 0 spiro atoms. The van der Waals surface area contributed by atoms with Gasteiger partial charge in [-0.2, -0.15) is 0 Å². The highest BCUT2D eigenvalue weighted by Crippen LogP contribution is 2.25. The van der Waals surface area contributed by atoms with Gasteiger partial charge in [0.1, 0.15) is 11.6 Å². The molecule has 130 valence electrons. The molecule has 3 heteroatoms. The first-order valence-electron chi connectivity index (χ1n) is 8.43. The first-order chi connectivity index (χ1) is 12.6. The van der Waals surface area contributed by atoms with Crippen molar-refractivity contribution in [3.8, 4) is 23.0 Å². The van der Waals surface area contributed by atoms with Crippen molar-refractivity contribution >= 4 is 11.6 Å². The molecular formula is C23H17ClF2. The number of halogens is 3. The Morgan fingerprint density at radius 3 is 2.08 bits per heavy atom. The fourth-order valence-corrected chi connectivity index (χ4v) is 2.77. The molecule has 0 radical (unpaired) electrons. The fourth-order valence-electron chi connectivity index (χ4n) is 2.65. The number of hydrogen-bond acceptors (Lipinski definition) is 0. The maximum absolute atomic E-state index is 14.4. The van der Waals surface area contributed by atoms with Crippen molar-refractivity contribution in [3.05, 3.63) is 94.0 Å². The van der Waals surface area contributed by atoms with Crippen molar-refractivity contribution in [3.63, 3.8) is 0 Å². The van der Waals surface area contributed by atoms with Crippen LogP contribution in [-0.2, 0) is 6.42 Å². The normalized spacial score (nSPS) is 10.3. The molecule has 0 amide bonds. The van der Waals surface area contributed by atoms with Crippen molar-refractivity contribution in [2.45, 2.75) is 19.8 Å². The number of rotatable bonds is 3. The van der Waals surface area contributed by atoms with E-state index in [2.05, 4.69) is 18.8 Å². The van der Waals surface area contributed by atoms with Crippen molar-refractivity contribution in [2.75, 3.05) is 0 Å². The molecule has 0 aliphatic heterocycles. The zero-order chi connectivity index (χ0) is 18.5. The van der Waals surface area contributed by atoms with Gasteiger partial charge in [-0.05, 0) is 59.5 Å². The lowest BCUT2D eigenvalue weighted by atomic mass is 10.0. The zero-order valence-electron chi connectivity index (χ0n) is 14.3. The van der Waals surface area contributed by atoms with Crippen LogP contribution in [0.25, 0.3) is 11.1 Å². The second-order valence-electron chi connectivity index (χ2n) is 6.02. The third kappa shape index (κ3) is 4.31. The molecule has 0 unspecified atom stereocenters. The predicted octanol–water partition coefficient (Wildman–Crippen LogP) is 6.64. The fraction of sp³-hybridized carbons (Fsp3) is 0.130. The Balaban J connectivity index is 1.83. The third-order valence-corrected chi connectivity index (χ3v) is 4.36. The second kappa shape index (κ2) is 8.17. The molecule has 0 heterocycles. The van der Waals surface area contributed by atoms with Crippen LogP contribution in [0.15, 0.2) is 60.7 Å². The van der Waals surface area contributed by atoms with E-state index >= 15 is 0 Å². The van der Waals surface area contributed by atoms with Crippen LogP contribution in [0.1, 0.15) is 30.0 Å². The smallest absolute Gasteiger partial charge is 0.142 e. The van der Waals surface area contributed by atoms with Crippen LogP contribution in [0.3, 0.4) is 0 Å². The Morgan fingerprint density at radius 1 is 0.808 bits per heavy atom. The van der Waals surface area contributed by atoms with Gasteiger partial charge >= 0.3 is 0 Å². The van der Waals surface area contributed by atoms with Crippen LogP contribution in [0.4, 0.5) is 8.78 Å². The van der Waals surface area contributed by atoms with Gasteiger partial charge in [-0.15, -0.1) is 0 Å². The van der Waals surface area contributed by atoms with E-state index in [9.17, 15) is 8.78 Å². The summed E-state index contributed by atoms with van der Waals surface area (Å²) in [5.41, 5.74) is 3.56. The summed E-state index contributed by atoms with van der Waals surface area (Å²) in [5, 5.41) is 0.0432. The minimum atomic E-state index is -0.528. The molecule has 0 bridgehead atoms. The molecule has 0 atom stereocenters. The highest BCUT2D eigenvalue weighted by molar-refractivity contribution is 6.30. The van der Waals surface area contributed by atoms with Gasteiger partial charge in [-0.3, -0.25) is 0 Å². The molecule has 0 aromatic heterocycles. The SMILES string of the molecule is CCCc1ccc(C#Cc2ccc(-c3ccc(Cl)c(F)c3)cc2F)cc1. The molecule has 3 aromatic rings. The highest BCUT2D eigenvalue weighted by Gasteiger charge is 2.06. The van der Waals surface area contributed by atoms with E-state index in [0.29, 0.717) is 16.7 Å². The van der Waals surface area contributed by atoms with E-state index in [4.69, 9.17) is 11.6 Å². The van der Waals surface area contributed by atoms with Crippen LogP contribution < -0.4 is 0 Å². The summed E-state index contributed by atoms with van der Waals surface area (Å²) in [6.07, 6.45) is 2.13. The Kier molecular flexibility index (Phi) is 5.71. The summed E-state index contributed by atoms with van der Waals surface area (Å²) >= 11 is 5.68.